The van der Waals surface area contributed by atoms with E-state index < -0.39 is 12.1 Å². The molecule has 1 unspecified atom stereocenters. The predicted octanol–water partition coefficient (Wildman–Crippen LogP) is 3.83. The van der Waals surface area contributed by atoms with Crippen LogP contribution in [0, 0.1) is 0 Å². The summed E-state index contributed by atoms with van der Waals surface area (Å²) >= 11 is 0. The molecule has 1 heterocycles. The van der Waals surface area contributed by atoms with Crippen LogP contribution < -0.4 is 4.74 Å². The summed E-state index contributed by atoms with van der Waals surface area (Å²) in [7, 11) is 0. The number of carbonyl (C=O) groups is 2. The summed E-state index contributed by atoms with van der Waals surface area (Å²) in [6.45, 7) is 3.61. The molecule has 5 nitrogen and oxygen atoms in total. The van der Waals surface area contributed by atoms with E-state index in [2.05, 4.69) is 0 Å². The quantitative estimate of drug-likeness (QED) is 0.542. The van der Waals surface area contributed by atoms with Crippen LogP contribution in [-0.4, -0.2) is 36.0 Å². The van der Waals surface area contributed by atoms with Crippen molar-refractivity contribution in [2.45, 2.75) is 32.5 Å². The third-order valence-corrected chi connectivity index (χ3v) is 4.60. The predicted molar refractivity (Wildman–Crippen MR) is 108 cm³/mol. The van der Waals surface area contributed by atoms with Gasteiger partial charge in [-0.3, -0.25) is 4.79 Å². The molecule has 0 saturated carbocycles. The van der Waals surface area contributed by atoms with Gasteiger partial charge in [0.2, 0.25) is 0 Å². The zero-order valence-electron chi connectivity index (χ0n) is 16.0. The van der Waals surface area contributed by atoms with Crippen LogP contribution in [0.2, 0.25) is 0 Å². The number of amides is 1. The number of hydrogen-bond acceptors (Lipinski definition) is 4. The lowest BCUT2D eigenvalue weighted by atomic mass is 10.2. The van der Waals surface area contributed by atoms with Crippen LogP contribution in [0.4, 0.5) is 0 Å². The zero-order chi connectivity index (χ0) is 19.8. The standard InChI is InChI=1S/C23H25NO4/c1-18(23(26)24-15-5-6-16-24)28-22(25)14-11-19-9-12-21(13-10-19)27-17-20-7-3-2-4-8-20/h2-4,7-14,18H,5-6,15-17H2,1H3/b14-11+. The van der Waals surface area contributed by atoms with Gasteiger partial charge >= 0.3 is 5.97 Å². The van der Waals surface area contributed by atoms with Gasteiger partial charge in [0, 0.05) is 19.2 Å². The van der Waals surface area contributed by atoms with E-state index >= 15 is 0 Å². The zero-order valence-corrected chi connectivity index (χ0v) is 16.0. The Morgan fingerprint density at radius 3 is 2.39 bits per heavy atom. The van der Waals surface area contributed by atoms with Crippen molar-refractivity contribution in [2.75, 3.05) is 13.1 Å². The van der Waals surface area contributed by atoms with E-state index in [1.165, 1.54) is 6.08 Å². The number of carbonyl (C=O) groups excluding carboxylic acids is 2. The summed E-state index contributed by atoms with van der Waals surface area (Å²) in [6, 6.07) is 17.4. The molecule has 0 N–H and O–H groups in total. The molecule has 1 aliphatic heterocycles. The van der Waals surface area contributed by atoms with Gasteiger partial charge < -0.3 is 14.4 Å². The molecule has 1 fully saturated rings. The van der Waals surface area contributed by atoms with Gasteiger partial charge in [-0.15, -0.1) is 0 Å². The number of nitrogens with zero attached hydrogens (tertiary/aromatic N) is 1. The van der Waals surface area contributed by atoms with Gasteiger partial charge in [-0.2, -0.15) is 0 Å². The van der Waals surface area contributed by atoms with Gasteiger partial charge in [-0.05, 0) is 49.1 Å². The molecule has 0 bridgehead atoms. The fourth-order valence-corrected chi connectivity index (χ4v) is 3.04. The molecule has 1 saturated heterocycles. The van der Waals surface area contributed by atoms with Crippen LogP contribution in [0.5, 0.6) is 5.75 Å². The highest BCUT2D eigenvalue weighted by molar-refractivity contribution is 5.90. The number of likely N-dealkylation sites (tertiary alicyclic amines) is 1. The maximum atomic E-state index is 12.2. The fraction of sp³-hybridized carbons (Fsp3) is 0.304. The van der Waals surface area contributed by atoms with Gasteiger partial charge in [-0.25, -0.2) is 4.79 Å². The number of rotatable bonds is 7. The first-order valence-electron chi connectivity index (χ1n) is 9.56. The van der Waals surface area contributed by atoms with Gasteiger partial charge in [0.15, 0.2) is 6.10 Å². The average Bonchev–Trinajstić information content (AvgIpc) is 3.26. The van der Waals surface area contributed by atoms with E-state index in [1.807, 2.05) is 54.6 Å². The van der Waals surface area contributed by atoms with Crippen molar-refractivity contribution < 1.29 is 19.1 Å². The lowest BCUT2D eigenvalue weighted by Crippen LogP contribution is -2.37. The summed E-state index contributed by atoms with van der Waals surface area (Å²) in [5.74, 6) is 0.108. The smallest absolute Gasteiger partial charge is 0.331 e. The largest absolute Gasteiger partial charge is 0.489 e. The van der Waals surface area contributed by atoms with Crippen molar-refractivity contribution in [3.05, 3.63) is 71.8 Å². The van der Waals surface area contributed by atoms with Crippen LogP contribution in [0.3, 0.4) is 0 Å². The lowest BCUT2D eigenvalue weighted by molar-refractivity contribution is -0.154. The Labute approximate surface area is 165 Å². The molecule has 28 heavy (non-hydrogen) atoms. The maximum absolute atomic E-state index is 12.2. The minimum atomic E-state index is -0.760. The SMILES string of the molecule is CC(OC(=O)/C=C/c1ccc(OCc2ccccc2)cc1)C(=O)N1CCCC1. The first-order valence-corrected chi connectivity index (χ1v) is 9.56. The number of esters is 1. The van der Waals surface area contributed by atoms with E-state index in [4.69, 9.17) is 9.47 Å². The normalized spacial score (nSPS) is 14.8. The van der Waals surface area contributed by atoms with Crippen LogP contribution in [-0.2, 0) is 20.9 Å². The molecule has 1 atom stereocenters. The second kappa shape index (κ2) is 9.74. The molecule has 5 heteroatoms. The van der Waals surface area contributed by atoms with E-state index in [1.54, 1.807) is 17.9 Å². The van der Waals surface area contributed by atoms with E-state index in [0.29, 0.717) is 6.61 Å². The highest BCUT2D eigenvalue weighted by Crippen LogP contribution is 2.15. The molecular weight excluding hydrogens is 354 g/mol. The first-order chi connectivity index (χ1) is 13.6. The van der Waals surface area contributed by atoms with Crippen LogP contribution in [0.15, 0.2) is 60.7 Å². The number of benzene rings is 2. The molecule has 146 valence electrons. The Balaban J connectivity index is 1.46. The number of hydrogen-bond donors (Lipinski definition) is 0. The minimum Gasteiger partial charge on any atom is -0.489 e. The highest BCUT2D eigenvalue weighted by atomic mass is 16.5. The monoisotopic (exact) mass is 379 g/mol. The van der Waals surface area contributed by atoms with E-state index in [0.717, 1.165) is 42.8 Å². The van der Waals surface area contributed by atoms with E-state index in [-0.39, 0.29) is 5.91 Å². The van der Waals surface area contributed by atoms with Crippen LogP contribution in [0.25, 0.3) is 6.08 Å². The van der Waals surface area contributed by atoms with Crippen LogP contribution in [0.1, 0.15) is 30.9 Å². The molecular formula is C23H25NO4. The lowest BCUT2D eigenvalue weighted by Gasteiger charge is -2.19. The highest BCUT2D eigenvalue weighted by Gasteiger charge is 2.25. The average molecular weight is 379 g/mol. The Morgan fingerprint density at radius 1 is 1.04 bits per heavy atom. The van der Waals surface area contributed by atoms with Crippen molar-refractivity contribution in [1.82, 2.24) is 4.90 Å². The maximum Gasteiger partial charge on any atom is 0.331 e. The van der Waals surface area contributed by atoms with Crippen LogP contribution >= 0.6 is 0 Å². The molecule has 3 rings (SSSR count). The van der Waals surface area contributed by atoms with Crippen molar-refractivity contribution >= 4 is 18.0 Å². The Hall–Kier alpha value is -3.08. The van der Waals surface area contributed by atoms with Crippen molar-refractivity contribution in [3.8, 4) is 5.75 Å². The molecule has 0 spiro atoms. The number of ether oxygens (including phenoxy) is 2. The van der Waals surface area contributed by atoms with Crippen molar-refractivity contribution in [1.29, 1.82) is 0 Å². The molecule has 2 aromatic rings. The van der Waals surface area contributed by atoms with E-state index in [9.17, 15) is 9.59 Å². The Kier molecular flexibility index (Phi) is 6.84. The summed E-state index contributed by atoms with van der Waals surface area (Å²) in [5, 5.41) is 0. The minimum absolute atomic E-state index is 0.126. The van der Waals surface area contributed by atoms with Gasteiger partial charge in [0.1, 0.15) is 12.4 Å². The third-order valence-electron chi connectivity index (χ3n) is 4.60. The van der Waals surface area contributed by atoms with Gasteiger partial charge in [0.05, 0.1) is 0 Å². The molecule has 0 radical (unpaired) electrons. The van der Waals surface area contributed by atoms with Crippen molar-refractivity contribution in [3.63, 3.8) is 0 Å². The molecule has 0 aromatic heterocycles. The molecule has 1 aliphatic rings. The fourth-order valence-electron chi connectivity index (χ4n) is 3.04. The molecule has 1 amide bonds. The second-order valence-electron chi connectivity index (χ2n) is 6.79. The summed E-state index contributed by atoms with van der Waals surface area (Å²) in [6.07, 6.45) is 4.27. The molecule has 2 aromatic carbocycles. The van der Waals surface area contributed by atoms with Gasteiger partial charge in [0.25, 0.3) is 5.91 Å². The third kappa shape index (κ3) is 5.71. The Bertz CT molecular complexity index is 808. The van der Waals surface area contributed by atoms with Gasteiger partial charge in [-0.1, -0.05) is 42.5 Å². The first kappa shape index (κ1) is 19.7. The topological polar surface area (TPSA) is 55.8 Å². The molecule has 0 aliphatic carbocycles. The summed E-state index contributed by atoms with van der Waals surface area (Å²) < 4.78 is 11.0. The summed E-state index contributed by atoms with van der Waals surface area (Å²) in [4.78, 5) is 25.9. The second-order valence-corrected chi connectivity index (χ2v) is 6.79. The van der Waals surface area contributed by atoms with Crippen molar-refractivity contribution in [2.24, 2.45) is 0 Å². The summed E-state index contributed by atoms with van der Waals surface area (Å²) in [5.41, 5.74) is 1.95. The Morgan fingerprint density at radius 2 is 1.71 bits per heavy atom.